The Kier molecular flexibility index (Phi) is 2.75. The van der Waals surface area contributed by atoms with Crippen molar-refractivity contribution >= 4 is 17.0 Å². The summed E-state index contributed by atoms with van der Waals surface area (Å²) in [5.74, 6) is -1.36. The van der Waals surface area contributed by atoms with E-state index in [1.807, 2.05) is 12.1 Å². The zero-order valence-electron chi connectivity index (χ0n) is 10.7. The SMILES string of the molecule is Cn1c(C(=O)O)nc2cc(-c3ccc(F)cc3)ccc21. The van der Waals surface area contributed by atoms with E-state index in [0.717, 1.165) is 16.6 Å². The zero-order chi connectivity index (χ0) is 14.3. The fraction of sp³-hybridized carbons (Fsp3) is 0.0667. The van der Waals surface area contributed by atoms with Gasteiger partial charge in [-0.2, -0.15) is 0 Å². The average Bonchev–Trinajstić information content (AvgIpc) is 2.77. The van der Waals surface area contributed by atoms with Crippen molar-refractivity contribution in [2.24, 2.45) is 7.05 Å². The smallest absolute Gasteiger partial charge is 0.372 e. The molecule has 0 aliphatic carbocycles. The van der Waals surface area contributed by atoms with Gasteiger partial charge in [0.15, 0.2) is 0 Å². The van der Waals surface area contributed by atoms with Gasteiger partial charge in [-0.3, -0.25) is 0 Å². The lowest BCUT2D eigenvalue weighted by Crippen LogP contribution is -2.05. The lowest BCUT2D eigenvalue weighted by atomic mass is 10.1. The Morgan fingerprint density at radius 3 is 2.45 bits per heavy atom. The second-order valence-corrected chi connectivity index (χ2v) is 4.51. The largest absolute Gasteiger partial charge is 0.475 e. The summed E-state index contributed by atoms with van der Waals surface area (Å²) in [6.07, 6.45) is 0. The number of hydrogen-bond donors (Lipinski definition) is 1. The third kappa shape index (κ3) is 1.93. The van der Waals surface area contributed by atoms with Crippen molar-refractivity contribution in [3.05, 3.63) is 54.1 Å². The number of carboxylic acids is 1. The maximum absolute atomic E-state index is 12.9. The number of rotatable bonds is 2. The number of aromatic nitrogens is 2. The molecule has 1 aromatic heterocycles. The molecule has 2 aromatic carbocycles. The normalized spacial score (nSPS) is 10.9. The Labute approximate surface area is 114 Å². The van der Waals surface area contributed by atoms with Crippen LogP contribution in [0.4, 0.5) is 4.39 Å². The van der Waals surface area contributed by atoms with Gasteiger partial charge >= 0.3 is 5.97 Å². The number of carbonyl (C=O) groups is 1. The standard InChI is InChI=1S/C15H11FN2O2/c1-18-13-7-4-10(9-2-5-11(16)6-3-9)8-12(13)17-14(18)15(19)20/h2-8H,1H3,(H,19,20). The molecule has 0 aliphatic heterocycles. The van der Waals surface area contributed by atoms with Crippen molar-refractivity contribution in [3.63, 3.8) is 0 Å². The van der Waals surface area contributed by atoms with E-state index in [4.69, 9.17) is 5.11 Å². The summed E-state index contributed by atoms with van der Waals surface area (Å²) in [6, 6.07) is 11.6. The number of fused-ring (bicyclic) bond motifs is 1. The summed E-state index contributed by atoms with van der Waals surface area (Å²) in [7, 11) is 1.66. The topological polar surface area (TPSA) is 55.1 Å². The van der Waals surface area contributed by atoms with Gasteiger partial charge in [-0.25, -0.2) is 14.2 Å². The van der Waals surface area contributed by atoms with E-state index in [2.05, 4.69) is 4.98 Å². The minimum Gasteiger partial charge on any atom is -0.475 e. The molecule has 3 rings (SSSR count). The van der Waals surface area contributed by atoms with E-state index in [9.17, 15) is 9.18 Å². The number of aromatic carboxylic acids is 1. The van der Waals surface area contributed by atoms with E-state index < -0.39 is 5.97 Å². The lowest BCUT2D eigenvalue weighted by Gasteiger charge is -2.02. The maximum Gasteiger partial charge on any atom is 0.372 e. The van der Waals surface area contributed by atoms with Crippen LogP contribution in [-0.2, 0) is 7.05 Å². The molecule has 100 valence electrons. The van der Waals surface area contributed by atoms with Crippen LogP contribution in [0.3, 0.4) is 0 Å². The minimum atomic E-state index is -1.06. The molecule has 0 radical (unpaired) electrons. The Bertz CT molecular complexity index is 807. The van der Waals surface area contributed by atoms with Crippen LogP contribution in [0, 0.1) is 5.82 Å². The molecular formula is C15H11FN2O2. The first-order valence-corrected chi connectivity index (χ1v) is 6.02. The summed E-state index contributed by atoms with van der Waals surface area (Å²) in [5.41, 5.74) is 3.07. The van der Waals surface area contributed by atoms with Crippen molar-refractivity contribution in [3.8, 4) is 11.1 Å². The monoisotopic (exact) mass is 270 g/mol. The van der Waals surface area contributed by atoms with Crippen LogP contribution >= 0.6 is 0 Å². The van der Waals surface area contributed by atoms with Gasteiger partial charge in [0, 0.05) is 7.05 Å². The second-order valence-electron chi connectivity index (χ2n) is 4.51. The molecule has 4 nitrogen and oxygen atoms in total. The third-order valence-electron chi connectivity index (χ3n) is 3.25. The number of imidazole rings is 1. The molecule has 0 spiro atoms. The highest BCUT2D eigenvalue weighted by atomic mass is 19.1. The highest BCUT2D eigenvalue weighted by Gasteiger charge is 2.14. The molecule has 0 saturated carbocycles. The summed E-state index contributed by atoms with van der Waals surface area (Å²) in [4.78, 5) is 15.2. The van der Waals surface area contributed by atoms with Crippen molar-refractivity contribution in [1.82, 2.24) is 9.55 Å². The molecule has 5 heteroatoms. The third-order valence-corrected chi connectivity index (χ3v) is 3.25. The molecule has 20 heavy (non-hydrogen) atoms. The summed E-state index contributed by atoms with van der Waals surface area (Å²) in [5, 5.41) is 9.06. The number of aryl methyl sites for hydroxylation is 1. The zero-order valence-corrected chi connectivity index (χ0v) is 10.7. The molecule has 0 fully saturated rings. The predicted octanol–water partition coefficient (Wildman–Crippen LogP) is 3.08. The average molecular weight is 270 g/mol. The molecule has 0 amide bonds. The summed E-state index contributed by atoms with van der Waals surface area (Å²) >= 11 is 0. The van der Waals surface area contributed by atoms with Gasteiger partial charge in [0.05, 0.1) is 11.0 Å². The molecule has 0 bridgehead atoms. The number of nitrogens with zero attached hydrogens (tertiary/aromatic N) is 2. The van der Waals surface area contributed by atoms with E-state index in [-0.39, 0.29) is 11.6 Å². The van der Waals surface area contributed by atoms with Crippen LogP contribution < -0.4 is 0 Å². The maximum atomic E-state index is 12.9. The Hall–Kier alpha value is -2.69. The summed E-state index contributed by atoms with van der Waals surface area (Å²) in [6.45, 7) is 0. The van der Waals surface area contributed by atoms with Crippen molar-refractivity contribution < 1.29 is 14.3 Å². The molecule has 3 aromatic rings. The van der Waals surface area contributed by atoms with Crippen LogP contribution in [0.5, 0.6) is 0 Å². The predicted molar refractivity (Wildman–Crippen MR) is 73.1 cm³/mol. The molecule has 1 heterocycles. The highest BCUT2D eigenvalue weighted by Crippen LogP contribution is 2.24. The van der Waals surface area contributed by atoms with Crippen LogP contribution in [0.1, 0.15) is 10.6 Å². The van der Waals surface area contributed by atoms with Gasteiger partial charge in [0.2, 0.25) is 5.82 Å². The fourth-order valence-electron chi connectivity index (χ4n) is 2.21. The van der Waals surface area contributed by atoms with Gasteiger partial charge in [-0.05, 0) is 35.4 Å². The van der Waals surface area contributed by atoms with Crippen LogP contribution in [0.25, 0.3) is 22.2 Å². The quantitative estimate of drug-likeness (QED) is 0.778. The van der Waals surface area contributed by atoms with Crippen molar-refractivity contribution in [2.75, 3.05) is 0 Å². The van der Waals surface area contributed by atoms with Gasteiger partial charge in [-0.15, -0.1) is 0 Å². The molecule has 0 unspecified atom stereocenters. The number of halogens is 1. The Morgan fingerprint density at radius 2 is 1.80 bits per heavy atom. The first-order chi connectivity index (χ1) is 9.56. The summed E-state index contributed by atoms with van der Waals surface area (Å²) < 4.78 is 14.5. The van der Waals surface area contributed by atoms with E-state index in [0.29, 0.717) is 5.52 Å². The molecule has 0 saturated heterocycles. The van der Waals surface area contributed by atoms with Crippen molar-refractivity contribution in [1.29, 1.82) is 0 Å². The first kappa shape index (κ1) is 12.3. The molecule has 0 atom stereocenters. The molecule has 0 aliphatic rings. The Morgan fingerprint density at radius 1 is 1.15 bits per heavy atom. The van der Waals surface area contributed by atoms with E-state index >= 15 is 0 Å². The minimum absolute atomic E-state index is 0.00347. The number of benzene rings is 2. The van der Waals surface area contributed by atoms with E-state index in [1.165, 1.54) is 16.7 Å². The van der Waals surface area contributed by atoms with Crippen LogP contribution in [0.2, 0.25) is 0 Å². The van der Waals surface area contributed by atoms with Crippen molar-refractivity contribution in [2.45, 2.75) is 0 Å². The number of hydrogen-bond acceptors (Lipinski definition) is 2. The lowest BCUT2D eigenvalue weighted by molar-refractivity contribution is 0.0680. The molecule has 1 N–H and O–H groups in total. The van der Waals surface area contributed by atoms with Gasteiger partial charge in [-0.1, -0.05) is 18.2 Å². The van der Waals surface area contributed by atoms with Crippen LogP contribution in [0.15, 0.2) is 42.5 Å². The van der Waals surface area contributed by atoms with Gasteiger partial charge < -0.3 is 9.67 Å². The second kappa shape index (κ2) is 4.45. The first-order valence-electron chi connectivity index (χ1n) is 6.02. The fourth-order valence-corrected chi connectivity index (χ4v) is 2.21. The molecular weight excluding hydrogens is 259 g/mol. The van der Waals surface area contributed by atoms with E-state index in [1.54, 1.807) is 25.2 Å². The Balaban J connectivity index is 2.15. The number of carboxylic acid groups (broad SMARTS) is 1. The highest BCUT2D eigenvalue weighted by molar-refractivity contribution is 5.91. The van der Waals surface area contributed by atoms with Gasteiger partial charge in [0.1, 0.15) is 5.82 Å². The van der Waals surface area contributed by atoms with Gasteiger partial charge in [0.25, 0.3) is 0 Å². The van der Waals surface area contributed by atoms with Crippen LogP contribution in [-0.4, -0.2) is 20.6 Å².